The van der Waals surface area contributed by atoms with Gasteiger partial charge in [-0.2, -0.15) is 0 Å². The monoisotopic (exact) mass is 225 g/mol. The van der Waals surface area contributed by atoms with E-state index in [9.17, 15) is 4.79 Å². The maximum Gasteiger partial charge on any atom is 0.255 e. The summed E-state index contributed by atoms with van der Waals surface area (Å²) in [6.45, 7) is 4.02. The Labute approximate surface area is 95.7 Å². The summed E-state index contributed by atoms with van der Waals surface area (Å²) in [7, 11) is 0. The number of nitrogens with one attached hydrogen (secondary N) is 1. The summed E-state index contributed by atoms with van der Waals surface area (Å²) >= 11 is 0. The molecule has 1 atom stereocenters. The fourth-order valence-electron chi connectivity index (χ4n) is 1.61. The minimum atomic E-state index is -0.120. The summed E-state index contributed by atoms with van der Waals surface area (Å²) < 4.78 is 5.20. The molecule has 0 aliphatic carbocycles. The van der Waals surface area contributed by atoms with Crippen molar-refractivity contribution < 1.29 is 14.3 Å². The zero-order valence-corrected chi connectivity index (χ0v) is 9.82. The fraction of sp³-hybridized carbons (Fsp3) is 0.583. The average Bonchev–Trinajstić information content (AvgIpc) is 2.76. The molecule has 16 heavy (non-hydrogen) atoms. The van der Waals surface area contributed by atoms with E-state index in [1.165, 1.54) is 6.26 Å². The molecule has 0 aromatic carbocycles. The number of hydrogen-bond acceptors (Lipinski definition) is 3. The molecular formula is C12H19NO3. The van der Waals surface area contributed by atoms with Gasteiger partial charge in [-0.05, 0) is 18.9 Å². The molecule has 1 aromatic rings. The predicted molar refractivity (Wildman–Crippen MR) is 61.3 cm³/mol. The molecule has 0 saturated carbocycles. The van der Waals surface area contributed by atoms with Crippen molar-refractivity contribution in [3.05, 3.63) is 23.7 Å². The van der Waals surface area contributed by atoms with Crippen LogP contribution >= 0.6 is 0 Å². The highest BCUT2D eigenvalue weighted by Crippen LogP contribution is 2.11. The van der Waals surface area contributed by atoms with Crippen LogP contribution in [0.15, 0.2) is 16.7 Å². The first-order chi connectivity index (χ1) is 7.72. The molecule has 90 valence electrons. The fourth-order valence-corrected chi connectivity index (χ4v) is 1.61. The van der Waals surface area contributed by atoms with Crippen LogP contribution in [-0.2, 0) is 6.42 Å². The number of hydrogen-bond donors (Lipinski definition) is 2. The van der Waals surface area contributed by atoms with Gasteiger partial charge in [-0.15, -0.1) is 0 Å². The van der Waals surface area contributed by atoms with Crippen molar-refractivity contribution in [2.24, 2.45) is 0 Å². The van der Waals surface area contributed by atoms with Gasteiger partial charge in [0.05, 0.1) is 11.8 Å². The summed E-state index contributed by atoms with van der Waals surface area (Å²) in [5, 5.41) is 11.7. The van der Waals surface area contributed by atoms with E-state index in [4.69, 9.17) is 9.52 Å². The molecule has 1 rings (SSSR count). The molecule has 1 unspecified atom stereocenters. The Hall–Kier alpha value is -1.29. The smallest absolute Gasteiger partial charge is 0.255 e. The molecule has 1 aromatic heterocycles. The Bertz CT molecular complexity index is 333. The second-order valence-corrected chi connectivity index (χ2v) is 3.70. The van der Waals surface area contributed by atoms with E-state index in [1.54, 1.807) is 6.07 Å². The van der Waals surface area contributed by atoms with Crippen LogP contribution in [0.1, 0.15) is 42.8 Å². The van der Waals surface area contributed by atoms with Gasteiger partial charge in [0.2, 0.25) is 0 Å². The van der Waals surface area contributed by atoms with Crippen molar-refractivity contribution in [3.8, 4) is 0 Å². The van der Waals surface area contributed by atoms with E-state index >= 15 is 0 Å². The van der Waals surface area contributed by atoms with Crippen LogP contribution in [0.25, 0.3) is 0 Å². The highest BCUT2D eigenvalue weighted by molar-refractivity contribution is 5.95. The molecule has 1 amide bonds. The van der Waals surface area contributed by atoms with Gasteiger partial charge in [0.1, 0.15) is 5.76 Å². The van der Waals surface area contributed by atoms with Crippen molar-refractivity contribution in [2.75, 3.05) is 6.61 Å². The molecule has 0 fully saturated rings. The zero-order chi connectivity index (χ0) is 12.0. The van der Waals surface area contributed by atoms with Crippen LogP contribution in [0.3, 0.4) is 0 Å². The van der Waals surface area contributed by atoms with Crippen LogP contribution in [0, 0.1) is 0 Å². The maximum atomic E-state index is 11.9. The van der Waals surface area contributed by atoms with Gasteiger partial charge in [0.25, 0.3) is 5.91 Å². The maximum absolute atomic E-state index is 11.9. The minimum absolute atomic E-state index is 0.0251. The third-order valence-corrected chi connectivity index (χ3v) is 2.62. The highest BCUT2D eigenvalue weighted by Gasteiger charge is 2.16. The lowest BCUT2D eigenvalue weighted by Crippen LogP contribution is -2.35. The summed E-state index contributed by atoms with van der Waals surface area (Å²) in [4.78, 5) is 11.9. The summed E-state index contributed by atoms with van der Waals surface area (Å²) in [6.07, 6.45) is 3.63. The first-order valence-corrected chi connectivity index (χ1v) is 5.71. The number of aliphatic hydroxyl groups is 1. The number of aryl methyl sites for hydroxylation is 1. The first-order valence-electron chi connectivity index (χ1n) is 5.71. The van der Waals surface area contributed by atoms with Gasteiger partial charge >= 0.3 is 0 Å². The summed E-state index contributed by atoms with van der Waals surface area (Å²) in [5.41, 5.74) is 0.596. The lowest BCUT2D eigenvalue weighted by molar-refractivity contribution is 0.0927. The molecule has 0 bridgehead atoms. The molecule has 4 heteroatoms. The molecule has 0 radical (unpaired) electrons. The Morgan fingerprint density at radius 2 is 2.31 bits per heavy atom. The van der Waals surface area contributed by atoms with Gasteiger partial charge in [0, 0.05) is 19.1 Å². The van der Waals surface area contributed by atoms with Crippen LogP contribution in [0.2, 0.25) is 0 Å². The SMILES string of the molecule is CCc1occc1C(=O)NC(CC)CCO. The molecule has 0 spiro atoms. The second kappa shape index (κ2) is 6.33. The Morgan fingerprint density at radius 3 is 2.88 bits per heavy atom. The molecule has 0 aliphatic rings. The molecule has 0 saturated heterocycles. The predicted octanol–water partition coefficient (Wildman–Crippen LogP) is 1.73. The third kappa shape index (κ3) is 3.10. The van der Waals surface area contributed by atoms with Crippen molar-refractivity contribution >= 4 is 5.91 Å². The van der Waals surface area contributed by atoms with Crippen molar-refractivity contribution in [1.29, 1.82) is 0 Å². The van der Waals surface area contributed by atoms with Crippen LogP contribution in [-0.4, -0.2) is 23.7 Å². The van der Waals surface area contributed by atoms with E-state index in [-0.39, 0.29) is 18.6 Å². The number of aliphatic hydroxyl groups excluding tert-OH is 1. The second-order valence-electron chi connectivity index (χ2n) is 3.70. The third-order valence-electron chi connectivity index (χ3n) is 2.62. The summed E-state index contributed by atoms with van der Waals surface area (Å²) in [6, 6.07) is 1.71. The van der Waals surface area contributed by atoms with E-state index in [2.05, 4.69) is 5.32 Å². The zero-order valence-electron chi connectivity index (χ0n) is 9.82. The van der Waals surface area contributed by atoms with E-state index in [0.717, 1.165) is 6.42 Å². The van der Waals surface area contributed by atoms with E-state index < -0.39 is 0 Å². The number of carbonyl (C=O) groups excluding carboxylic acids is 1. The summed E-state index contributed by atoms with van der Waals surface area (Å²) in [5.74, 6) is 0.585. The van der Waals surface area contributed by atoms with E-state index in [1.807, 2.05) is 13.8 Å². The number of amides is 1. The van der Waals surface area contributed by atoms with Gasteiger partial charge in [-0.1, -0.05) is 13.8 Å². The average molecular weight is 225 g/mol. The van der Waals surface area contributed by atoms with Crippen LogP contribution in [0.4, 0.5) is 0 Å². The molecular weight excluding hydrogens is 206 g/mol. The normalized spacial score (nSPS) is 12.4. The lowest BCUT2D eigenvalue weighted by atomic mass is 10.1. The molecule has 1 heterocycles. The van der Waals surface area contributed by atoms with Crippen LogP contribution < -0.4 is 5.32 Å². The van der Waals surface area contributed by atoms with Crippen LogP contribution in [0.5, 0.6) is 0 Å². The molecule has 2 N–H and O–H groups in total. The van der Waals surface area contributed by atoms with Gasteiger partial charge in [-0.25, -0.2) is 0 Å². The standard InChI is InChI=1S/C12H19NO3/c1-3-9(5-7-14)13-12(15)10-6-8-16-11(10)4-2/h6,8-9,14H,3-5,7H2,1-2H3,(H,13,15). The van der Waals surface area contributed by atoms with Gasteiger partial charge in [-0.3, -0.25) is 4.79 Å². The van der Waals surface area contributed by atoms with Gasteiger partial charge in [0.15, 0.2) is 0 Å². The Kier molecular flexibility index (Phi) is 5.05. The van der Waals surface area contributed by atoms with Crippen molar-refractivity contribution in [2.45, 2.75) is 39.2 Å². The molecule has 4 nitrogen and oxygen atoms in total. The topological polar surface area (TPSA) is 62.5 Å². The quantitative estimate of drug-likeness (QED) is 0.775. The minimum Gasteiger partial charge on any atom is -0.469 e. The Morgan fingerprint density at radius 1 is 1.56 bits per heavy atom. The largest absolute Gasteiger partial charge is 0.469 e. The Balaban J connectivity index is 2.64. The number of furan rings is 1. The number of carbonyl (C=O) groups is 1. The molecule has 0 aliphatic heterocycles. The first kappa shape index (κ1) is 12.8. The lowest BCUT2D eigenvalue weighted by Gasteiger charge is -2.15. The van der Waals surface area contributed by atoms with Crippen molar-refractivity contribution in [1.82, 2.24) is 5.32 Å². The number of rotatable bonds is 6. The van der Waals surface area contributed by atoms with Gasteiger partial charge < -0.3 is 14.8 Å². The van der Waals surface area contributed by atoms with E-state index in [0.29, 0.717) is 24.2 Å². The van der Waals surface area contributed by atoms with Crippen molar-refractivity contribution in [3.63, 3.8) is 0 Å². The highest BCUT2D eigenvalue weighted by atomic mass is 16.3.